The third-order valence-corrected chi connectivity index (χ3v) is 8.48. The Morgan fingerprint density at radius 1 is 1.12 bits per heavy atom. The number of carbonyl (C=O) groups excluding carboxylic acids is 1. The van der Waals surface area contributed by atoms with E-state index in [0.717, 1.165) is 71.4 Å². The summed E-state index contributed by atoms with van der Waals surface area (Å²) < 4.78 is 5.50. The fraction of sp³-hybridized carbons (Fsp3) is 0.500. The van der Waals surface area contributed by atoms with Gasteiger partial charge in [0.1, 0.15) is 5.52 Å². The highest BCUT2D eigenvalue weighted by atomic mass is 35.5. The van der Waals surface area contributed by atoms with Crippen molar-refractivity contribution in [3.63, 3.8) is 0 Å². The quantitative estimate of drug-likeness (QED) is 0.259. The Labute approximate surface area is 245 Å². The number of anilines is 1. The van der Waals surface area contributed by atoms with Gasteiger partial charge in [0.25, 0.3) is 5.91 Å². The number of ether oxygens (including phenoxy) is 1. The van der Waals surface area contributed by atoms with E-state index in [1.165, 1.54) is 0 Å². The number of morpholine rings is 1. The molecule has 1 saturated heterocycles. The number of hydrogen-bond donors (Lipinski definition) is 3. The van der Waals surface area contributed by atoms with E-state index in [4.69, 9.17) is 32.9 Å². The predicted octanol–water partition coefficient (Wildman–Crippen LogP) is 6.14. The molecule has 2 aromatic heterocycles. The molecule has 0 unspecified atom stereocenters. The van der Waals surface area contributed by atoms with E-state index >= 15 is 0 Å². The van der Waals surface area contributed by atoms with Crippen LogP contribution in [0.15, 0.2) is 30.5 Å². The van der Waals surface area contributed by atoms with E-state index < -0.39 is 0 Å². The van der Waals surface area contributed by atoms with Gasteiger partial charge in [0, 0.05) is 44.0 Å². The van der Waals surface area contributed by atoms with Crippen LogP contribution in [0.2, 0.25) is 10.0 Å². The van der Waals surface area contributed by atoms with Gasteiger partial charge >= 0.3 is 0 Å². The molecule has 1 aromatic carbocycles. The summed E-state index contributed by atoms with van der Waals surface area (Å²) in [5, 5.41) is 17.1. The third-order valence-electron chi connectivity index (χ3n) is 7.90. The molecule has 0 spiro atoms. The van der Waals surface area contributed by atoms with Gasteiger partial charge in [0.2, 0.25) is 0 Å². The summed E-state index contributed by atoms with van der Waals surface area (Å²) in [6.07, 6.45) is 7.88. The van der Waals surface area contributed by atoms with Crippen molar-refractivity contribution in [3.05, 3.63) is 46.1 Å². The van der Waals surface area contributed by atoms with Gasteiger partial charge in [-0.15, -0.1) is 0 Å². The Balaban J connectivity index is 1.42. The molecule has 3 N–H and O–H groups in total. The van der Waals surface area contributed by atoms with E-state index in [2.05, 4.69) is 27.4 Å². The van der Waals surface area contributed by atoms with Crippen LogP contribution >= 0.6 is 23.2 Å². The summed E-state index contributed by atoms with van der Waals surface area (Å²) in [5.74, 6) is 0.359. The van der Waals surface area contributed by atoms with Crippen molar-refractivity contribution in [1.82, 2.24) is 20.2 Å². The van der Waals surface area contributed by atoms with Crippen molar-refractivity contribution < 1.29 is 14.6 Å². The largest absolute Gasteiger partial charge is 0.505 e. The molecule has 3 heterocycles. The smallest absolute Gasteiger partial charge is 0.255 e. The number of nitrogens with zero attached hydrogens (tertiary/aromatic N) is 3. The lowest BCUT2D eigenvalue weighted by atomic mass is 9.85. The van der Waals surface area contributed by atoms with Gasteiger partial charge in [-0.25, -0.2) is 4.98 Å². The first-order valence-electron chi connectivity index (χ1n) is 14.3. The second-order valence-electron chi connectivity index (χ2n) is 10.8. The number of carbonyl (C=O) groups is 1. The van der Waals surface area contributed by atoms with Crippen LogP contribution in [-0.4, -0.2) is 71.3 Å². The number of hydrogen-bond acceptors (Lipinski definition) is 7. The highest BCUT2D eigenvalue weighted by Crippen LogP contribution is 2.37. The number of rotatable bonds is 9. The predicted molar refractivity (Wildman–Crippen MR) is 161 cm³/mol. The number of fused-ring (bicyclic) bond motifs is 1. The maximum atomic E-state index is 13.3. The van der Waals surface area contributed by atoms with Crippen molar-refractivity contribution in [2.45, 2.75) is 51.5 Å². The van der Waals surface area contributed by atoms with Crippen molar-refractivity contribution in [3.8, 4) is 17.0 Å². The number of phenolic OH excluding ortho intramolecular Hbond substituents is 1. The lowest BCUT2D eigenvalue weighted by molar-refractivity contribution is 0.0276. The Kier molecular flexibility index (Phi) is 9.63. The molecule has 1 saturated carbocycles. The number of amides is 1. The lowest BCUT2D eigenvalue weighted by Crippen LogP contribution is -2.40. The molecule has 1 aliphatic heterocycles. The van der Waals surface area contributed by atoms with Gasteiger partial charge in [-0.3, -0.25) is 14.7 Å². The first kappa shape index (κ1) is 28.9. The van der Waals surface area contributed by atoms with Crippen LogP contribution in [0.4, 0.5) is 5.69 Å². The maximum absolute atomic E-state index is 13.3. The minimum Gasteiger partial charge on any atom is -0.505 e. The van der Waals surface area contributed by atoms with Crippen molar-refractivity contribution >= 4 is 45.8 Å². The zero-order valence-corrected chi connectivity index (χ0v) is 24.4. The van der Waals surface area contributed by atoms with Crippen molar-refractivity contribution in [1.29, 1.82) is 0 Å². The minimum atomic E-state index is -0.160. The van der Waals surface area contributed by atoms with E-state index in [-0.39, 0.29) is 27.7 Å². The highest BCUT2D eigenvalue weighted by molar-refractivity contribution is 6.37. The number of benzene rings is 1. The van der Waals surface area contributed by atoms with Gasteiger partial charge in [-0.2, -0.15) is 0 Å². The number of unbranched alkanes of at least 4 members (excludes halogenated alkanes) is 1. The van der Waals surface area contributed by atoms with Crippen LogP contribution in [0.5, 0.6) is 5.75 Å². The summed E-state index contributed by atoms with van der Waals surface area (Å²) in [5.41, 5.74) is 3.80. The topological polar surface area (TPSA) is 99.6 Å². The van der Waals surface area contributed by atoms with Gasteiger partial charge in [-0.05, 0) is 62.3 Å². The third kappa shape index (κ3) is 6.79. The summed E-state index contributed by atoms with van der Waals surface area (Å²) in [4.78, 5) is 25.3. The SMILES string of the molecule is CCCCNC(=O)c1cnc2ccc(-c3cc(Cl)c(O)c(Cl)c3)nc2c1NC1CCC(CN2CCOCC2)CC1. The minimum absolute atomic E-state index is 0.152. The molecule has 1 aliphatic carbocycles. The molecule has 0 radical (unpaired) electrons. The maximum Gasteiger partial charge on any atom is 0.255 e. The molecule has 2 fully saturated rings. The molecule has 214 valence electrons. The molecule has 0 atom stereocenters. The molecular formula is C30H37Cl2N5O3. The molecule has 10 heteroatoms. The first-order chi connectivity index (χ1) is 19.4. The summed E-state index contributed by atoms with van der Waals surface area (Å²) in [7, 11) is 0. The zero-order chi connectivity index (χ0) is 28.1. The van der Waals surface area contributed by atoms with E-state index in [1.807, 2.05) is 12.1 Å². The number of aromatic hydroxyl groups is 1. The van der Waals surface area contributed by atoms with Gasteiger partial charge in [-0.1, -0.05) is 36.5 Å². The Bertz CT molecular complexity index is 1320. The lowest BCUT2D eigenvalue weighted by Gasteiger charge is -2.35. The number of halogens is 2. The fourth-order valence-electron chi connectivity index (χ4n) is 5.57. The Morgan fingerprint density at radius 3 is 2.55 bits per heavy atom. The summed E-state index contributed by atoms with van der Waals surface area (Å²) >= 11 is 12.4. The average Bonchev–Trinajstić information content (AvgIpc) is 2.97. The van der Waals surface area contributed by atoms with Gasteiger partial charge in [0.05, 0.1) is 45.7 Å². The Hall–Kier alpha value is -2.65. The van der Waals surface area contributed by atoms with Crippen molar-refractivity contribution in [2.24, 2.45) is 5.92 Å². The normalized spacial score (nSPS) is 20.0. The number of phenols is 1. The fourth-order valence-corrected chi connectivity index (χ4v) is 6.06. The second kappa shape index (κ2) is 13.3. The molecule has 5 rings (SSSR count). The summed E-state index contributed by atoms with van der Waals surface area (Å²) in [6, 6.07) is 7.23. The molecule has 0 bridgehead atoms. The zero-order valence-electron chi connectivity index (χ0n) is 22.9. The van der Waals surface area contributed by atoms with Crippen LogP contribution in [0.3, 0.4) is 0 Å². The molecule has 1 amide bonds. The average molecular weight is 587 g/mol. The van der Waals surface area contributed by atoms with Crippen LogP contribution in [0.25, 0.3) is 22.3 Å². The van der Waals surface area contributed by atoms with Gasteiger partial charge in [0.15, 0.2) is 5.75 Å². The van der Waals surface area contributed by atoms with E-state index in [0.29, 0.717) is 46.0 Å². The second-order valence-corrected chi connectivity index (χ2v) is 11.6. The Morgan fingerprint density at radius 2 is 1.85 bits per heavy atom. The van der Waals surface area contributed by atoms with Crippen LogP contribution in [-0.2, 0) is 4.74 Å². The van der Waals surface area contributed by atoms with Gasteiger partial charge < -0.3 is 20.5 Å². The highest BCUT2D eigenvalue weighted by Gasteiger charge is 2.26. The monoisotopic (exact) mass is 585 g/mol. The standard InChI is InChI=1S/C30H37Cl2N5O3/c1-2-3-10-33-30(39)22-17-34-26-9-8-25(20-15-23(31)29(38)24(32)16-20)36-28(26)27(22)35-21-6-4-19(5-7-21)18-37-11-13-40-14-12-37/h8-9,15-17,19,21,38H,2-7,10-14,18H2,1H3,(H,33,39)(H,34,35). The molecule has 40 heavy (non-hydrogen) atoms. The van der Waals surface area contributed by atoms with E-state index in [9.17, 15) is 9.90 Å². The van der Waals surface area contributed by atoms with Crippen molar-refractivity contribution in [2.75, 3.05) is 44.7 Å². The number of pyridine rings is 2. The summed E-state index contributed by atoms with van der Waals surface area (Å²) in [6.45, 7) is 7.52. The molecule has 3 aromatic rings. The van der Waals surface area contributed by atoms with E-state index in [1.54, 1.807) is 18.3 Å². The number of aromatic nitrogens is 2. The molecular weight excluding hydrogens is 549 g/mol. The van der Waals surface area contributed by atoms with Crippen LogP contribution in [0, 0.1) is 5.92 Å². The number of nitrogens with one attached hydrogen (secondary N) is 2. The van der Waals surface area contributed by atoms with Crippen LogP contribution < -0.4 is 10.6 Å². The first-order valence-corrected chi connectivity index (χ1v) is 15.0. The molecule has 8 nitrogen and oxygen atoms in total. The molecule has 2 aliphatic rings. The van der Waals surface area contributed by atoms with Crippen LogP contribution in [0.1, 0.15) is 55.8 Å².